The van der Waals surface area contributed by atoms with E-state index < -0.39 is 0 Å². The van der Waals surface area contributed by atoms with E-state index in [-0.39, 0.29) is 0 Å². The maximum Gasteiger partial charge on any atom is 0.0722 e. The molecule has 2 nitrogen and oxygen atoms in total. The molecule has 0 unspecified atom stereocenters. The second kappa shape index (κ2) is 9.02. The Hall–Kier alpha value is -1.62. The molecule has 0 radical (unpaired) electrons. The number of anilines is 1. The van der Waals surface area contributed by atoms with Crippen molar-refractivity contribution in [3.8, 4) is 0 Å². The smallest absolute Gasteiger partial charge is 0.0722 e. The molecule has 3 rings (SSSR count). The van der Waals surface area contributed by atoms with Crippen LogP contribution < -0.4 is 4.90 Å². The Labute approximate surface area is 158 Å². The lowest BCUT2D eigenvalue weighted by molar-refractivity contribution is 0.681. The van der Waals surface area contributed by atoms with Crippen molar-refractivity contribution in [3.63, 3.8) is 0 Å². The van der Waals surface area contributed by atoms with Crippen LogP contribution in [0.4, 0.5) is 5.69 Å². The molecule has 0 bridgehead atoms. The van der Waals surface area contributed by atoms with Crippen LogP contribution in [0.1, 0.15) is 24.8 Å². The molecule has 0 aliphatic heterocycles. The third kappa shape index (κ3) is 4.47. The molecule has 0 aliphatic rings. The molecule has 3 aromatic rings. The van der Waals surface area contributed by atoms with Crippen molar-refractivity contribution in [1.82, 2.24) is 4.98 Å². The maximum absolute atomic E-state index is 4.51. The van der Waals surface area contributed by atoms with Gasteiger partial charge in [-0.3, -0.25) is 4.98 Å². The number of hydrogen-bond donors (Lipinski definition) is 0. The third-order valence-electron chi connectivity index (χ3n) is 4.24. The zero-order valence-corrected chi connectivity index (χ0v) is 16.0. The highest BCUT2D eigenvalue weighted by atomic mass is 127. The number of para-hydroxylation sites is 1. The van der Waals surface area contributed by atoms with Crippen molar-refractivity contribution < 1.29 is 0 Å². The van der Waals surface area contributed by atoms with E-state index in [1.807, 2.05) is 6.20 Å². The van der Waals surface area contributed by atoms with Gasteiger partial charge in [-0.2, -0.15) is 0 Å². The maximum atomic E-state index is 4.51. The van der Waals surface area contributed by atoms with Gasteiger partial charge in [0.1, 0.15) is 0 Å². The molecule has 0 N–H and O–H groups in total. The Morgan fingerprint density at radius 1 is 0.833 bits per heavy atom. The molecule has 0 atom stereocenters. The lowest BCUT2D eigenvalue weighted by atomic mass is 10.1. The number of hydrogen-bond acceptors (Lipinski definition) is 2. The van der Waals surface area contributed by atoms with Crippen molar-refractivity contribution in [2.75, 3.05) is 15.9 Å². The minimum absolute atomic E-state index is 0.944. The molecule has 2 aromatic carbocycles. The van der Waals surface area contributed by atoms with Crippen molar-refractivity contribution in [2.45, 2.75) is 25.8 Å². The summed E-state index contributed by atoms with van der Waals surface area (Å²) < 4.78 is 1.24. The van der Waals surface area contributed by atoms with Crippen LogP contribution in [0.3, 0.4) is 0 Å². The second-order valence-corrected chi connectivity index (χ2v) is 7.08. The fourth-order valence-corrected chi connectivity index (χ4v) is 3.56. The summed E-state index contributed by atoms with van der Waals surface area (Å²) in [5.41, 5.74) is 3.71. The molecule has 1 aromatic heterocycles. The first-order valence-electron chi connectivity index (χ1n) is 8.57. The predicted octanol–water partition coefficient (Wildman–Crippen LogP) is 5.85. The molecule has 0 spiro atoms. The summed E-state index contributed by atoms with van der Waals surface area (Å²) in [6.45, 7) is 2.03. The van der Waals surface area contributed by atoms with Gasteiger partial charge in [-0.05, 0) is 35.0 Å². The van der Waals surface area contributed by atoms with E-state index in [0.29, 0.717) is 0 Å². The van der Waals surface area contributed by atoms with Crippen LogP contribution in [0.15, 0.2) is 66.9 Å². The van der Waals surface area contributed by atoms with Crippen molar-refractivity contribution in [2.24, 2.45) is 0 Å². The van der Waals surface area contributed by atoms with Gasteiger partial charge in [-0.25, -0.2) is 0 Å². The largest absolute Gasteiger partial charge is 0.367 e. The highest BCUT2D eigenvalue weighted by Crippen LogP contribution is 2.27. The first kappa shape index (κ1) is 17.2. The minimum Gasteiger partial charge on any atom is -0.367 e. The van der Waals surface area contributed by atoms with Crippen LogP contribution in [-0.4, -0.2) is 16.0 Å². The van der Waals surface area contributed by atoms with Crippen LogP contribution in [0.2, 0.25) is 0 Å². The quantitative estimate of drug-likeness (QED) is 0.253. The Kier molecular flexibility index (Phi) is 6.47. The highest BCUT2D eigenvalue weighted by molar-refractivity contribution is 14.1. The third-order valence-corrected chi connectivity index (χ3v) is 5.01. The number of fused-ring (bicyclic) bond motifs is 1. The van der Waals surface area contributed by atoms with Crippen LogP contribution in [0.5, 0.6) is 0 Å². The van der Waals surface area contributed by atoms with E-state index in [1.54, 1.807) is 0 Å². The average Bonchev–Trinajstić information content (AvgIpc) is 2.65. The topological polar surface area (TPSA) is 16.1 Å². The summed E-state index contributed by atoms with van der Waals surface area (Å²) in [5.74, 6) is 0. The van der Waals surface area contributed by atoms with E-state index in [2.05, 4.69) is 93.1 Å². The number of rotatable bonds is 8. The molecular formula is C21H23IN2. The Bertz CT molecular complexity index is 753. The van der Waals surface area contributed by atoms with Crippen molar-refractivity contribution in [3.05, 3.63) is 72.4 Å². The monoisotopic (exact) mass is 430 g/mol. The van der Waals surface area contributed by atoms with E-state index in [4.69, 9.17) is 0 Å². The normalized spacial score (nSPS) is 10.9. The summed E-state index contributed by atoms with van der Waals surface area (Å²) in [6.07, 6.45) is 5.75. The van der Waals surface area contributed by atoms with Gasteiger partial charge in [0.15, 0.2) is 0 Å². The molecular weight excluding hydrogens is 407 g/mol. The van der Waals surface area contributed by atoms with Gasteiger partial charge in [-0.15, -0.1) is 0 Å². The summed E-state index contributed by atoms with van der Waals surface area (Å²) in [7, 11) is 0. The van der Waals surface area contributed by atoms with Gasteiger partial charge in [0, 0.05) is 30.4 Å². The number of halogens is 1. The minimum atomic E-state index is 0.944. The summed E-state index contributed by atoms with van der Waals surface area (Å²) in [5, 5.41) is 1.24. The zero-order chi connectivity index (χ0) is 16.6. The first-order chi connectivity index (χ1) is 11.9. The van der Waals surface area contributed by atoms with Gasteiger partial charge >= 0.3 is 0 Å². The molecule has 0 saturated heterocycles. The predicted molar refractivity (Wildman–Crippen MR) is 112 cm³/mol. The van der Waals surface area contributed by atoms with E-state index >= 15 is 0 Å². The molecule has 0 saturated carbocycles. The molecule has 0 aliphatic carbocycles. The van der Waals surface area contributed by atoms with Gasteiger partial charge in [-0.1, -0.05) is 77.5 Å². The van der Waals surface area contributed by atoms with Gasteiger partial charge < -0.3 is 4.90 Å². The van der Waals surface area contributed by atoms with E-state index in [0.717, 1.165) is 18.6 Å². The fourth-order valence-electron chi connectivity index (χ4n) is 3.02. The molecule has 24 heavy (non-hydrogen) atoms. The number of benzene rings is 2. The standard InChI is InChI=1S/C21H23IN2/c22-14-7-2-8-16-24(17-18-9-3-1-4-10-18)21-13-15-23-20-12-6-5-11-19(20)21/h1,3-6,9-13,15H,2,7-8,14,16-17H2. The average molecular weight is 430 g/mol. The fraction of sp³-hybridized carbons (Fsp3) is 0.286. The van der Waals surface area contributed by atoms with E-state index in [1.165, 1.54) is 40.3 Å². The first-order valence-corrected chi connectivity index (χ1v) is 10.1. The lowest BCUT2D eigenvalue weighted by Gasteiger charge is -2.26. The number of alkyl halides is 1. The van der Waals surface area contributed by atoms with Crippen LogP contribution in [0.25, 0.3) is 10.9 Å². The number of pyridine rings is 1. The van der Waals surface area contributed by atoms with Crippen LogP contribution in [0, 0.1) is 0 Å². The molecule has 0 amide bonds. The van der Waals surface area contributed by atoms with E-state index in [9.17, 15) is 0 Å². The lowest BCUT2D eigenvalue weighted by Crippen LogP contribution is -2.24. The molecule has 3 heteroatoms. The summed E-state index contributed by atoms with van der Waals surface area (Å²) in [4.78, 5) is 7.02. The van der Waals surface area contributed by atoms with Crippen LogP contribution in [-0.2, 0) is 6.54 Å². The summed E-state index contributed by atoms with van der Waals surface area (Å²) in [6, 6.07) is 21.3. The van der Waals surface area contributed by atoms with Crippen LogP contribution >= 0.6 is 22.6 Å². The van der Waals surface area contributed by atoms with Crippen molar-refractivity contribution >= 4 is 39.2 Å². The Morgan fingerprint density at radius 2 is 1.62 bits per heavy atom. The highest BCUT2D eigenvalue weighted by Gasteiger charge is 2.11. The number of aromatic nitrogens is 1. The van der Waals surface area contributed by atoms with Gasteiger partial charge in [0.25, 0.3) is 0 Å². The Morgan fingerprint density at radius 3 is 2.46 bits per heavy atom. The molecule has 1 heterocycles. The summed E-state index contributed by atoms with van der Waals surface area (Å²) >= 11 is 2.46. The van der Waals surface area contributed by atoms with Crippen molar-refractivity contribution in [1.29, 1.82) is 0 Å². The number of unbranched alkanes of at least 4 members (excludes halogenated alkanes) is 2. The molecule has 124 valence electrons. The molecule has 0 fully saturated rings. The van der Waals surface area contributed by atoms with Gasteiger partial charge in [0.2, 0.25) is 0 Å². The number of nitrogens with zero attached hydrogens (tertiary/aromatic N) is 2. The zero-order valence-electron chi connectivity index (χ0n) is 13.9. The SMILES string of the molecule is ICCCCCN(Cc1ccccc1)c1ccnc2ccccc12. The second-order valence-electron chi connectivity index (χ2n) is 6.00. The Balaban J connectivity index is 1.87. The van der Waals surface area contributed by atoms with Gasteiger partial charge in [0.05, 0.1) is 5.52 Å².